The monoisotopic (exact) mass is 266 g/mol. The molecule has 1 N–H and O–H groups in total. The number of carboxylic acids is 1. The predicted octanol–water partition coefficient (Wildman–Crippen LogP) is 3.43. The maximum Gasteiger partial charge on any atom is 0.336 e. The molecule has 2 rings (SSSR count). The Hall–Kier alpha value is -2.68. The zero-order chi connectivity index (χ0) is 14.5. The molecular weight excluding hydrogens is 252 g/mol. The fraction of sp³-hybridized carbons (Fsp3) is 0.0588. The summed E-state index contributed by atoms with van der Waals surface area (Å²) in [5.74, 6) is -0.996. The van der Waals surface area contributed by atoms with E-state index in [9.17, 15) is 14.7 Å². The van der Waals surface area contributed by atoms with Crippen molar-refractivity contribution in [3.8, 4) is 0 Å². The molecule has 0 saturated heterocycles. The van der Waals surface area contributed by atoms with Crippen molar-refractivity contribution >= 4 is 23.9 Å². The molecule has 0 aliphatic carbocycles. The first-order valence-electron chi connectivity index (χ1n) is 6.17. The summed E-state index contributed by atoms with van der Waals surface area (Å²) in [6.07, 6.45) is 2.35. The summed E-state index contributed by atoms with van der Waals surface area (Å²) in [6.45, 7) is 1.98. The van der Waals surface area contributed by atoms with Gasteiger partial charge < -0.3 is 5.11 Å². The molecule has 2 aromatic carbocycles. The van der Waals surface area contributed by atoms with Gasteiger partial charge in [-0.2, -0.15) is 0 Å². The van der Waals surface area contributed by atoms with Crippen LogP contribution in [0.5, 0.6) is 0 Å². The Morgan fingerprint density at radius 2 is 1.50 bits per heavy atom. The van der Waals surface area contributed by atoms with Crippen LogP contribution in [0.2, 0.25) is 0 Å². The highest BCUT2D eigenvalue weighted by atomic mass is 16.4. The molecule has 3 heteroatoms. The molecule has 0 amide bonds. The largest absolute Gasteiger partial charge is 0.478 e. The number of carbonyl (C=O) groups excluding carboxylic acids is 1. The molecule has 2 aromatic rings. The first-order chi connectivity index (χ1) is 9.60. The minimum atomic E-state index is -0.996. The van der Waals surface area contributed by atoms with E-state index in [0.717, 1.165) is 17.4 Å². The van der Waals surface area contributed by atoms with Crippen molar-refractivity contribution in [2.45, 2.75) is 6.92 Å². The average molecular weight is 266 g/mol. The first kappa shape index (κ1) is 13.7. The quantitative estimate of drug-likeness (QED) is 0.524. The number of carbonyl (C=O) groups is 2. The van der Waals surface area contributed by atoms with E-state index < -0.39 is 5.97 Å². The SMILES string of the molecule is Cc1ccc(/C=C(\C(=O)O)c2ccc(C=O)cc2)cc1. The van der Waals surface area contributed by atoms with E-state index >= 15 is 0 Å². The predicted molar refractivity (Wildman–Crippen MR) is 78.5 cm³/mol. The number of aldehydes is 1. The second-order valence-electron chi connectivity index (χ2n) is 4.51. The number of carboxylic acid groups (broad SMARTS) is 1. The maximum absolute atomic E-state index is 11.4. The third kappa shape index (κ3) is 3.20. The van der Waals surface area contributed by atoms with Crippen LogP contribution in [0.1, 0.15) is 27.0 Å². The van der Waals surface area contributed by atoms with Crippen molar-refractivity contribution < 1.29 is 14.7 Å². The second-order valence-corrected chi connectivity index (χ2v) is 4.51. The molecule has 0 radical (unpaired) electrons. The van der Waals surface area contributed by atoms with Gasteiger partial charge in [-0.15, -0.1) is 0 Å². The highest BCUT2D eigenvalue weighted by Crippen LogP contribution is 2.19. The maximum atomic E-state index is 11.4. The normalized spacial score (nSPS) is 11.2. The van der Waals surface area contributed by atoms with Gasteiger partial charge in [-0.1, -0.05) is 54.1 Å². The molecule has 0 aromatic heterocycles. The number of rotatable bonds is 4. The van der Waals surface area contributed by atoms with Gasteiger partial charge in [0.2, 0.25) is 0 Å². The van der Waals surface area contributed by atoms with Crippen molar-refractivity contribution in [1.82, 2.24) is 0 Å². The first-order valence-corrected chi connectivity index (χ1v) is 6.17. The van der Waals surface area contributed by atoms with Crippen LogP contribution < -0.4 is 0 Å². The molecular formula is C17H14O3. The van der Waals surface area contributed by atoms with E-state index in [0.29, 0.717) is 11.1 Å². The molecule has 0 saturated carbocycles. The topological polar surface area (TPSA) is 54.4 Å². The Morgan fingerprint density at radius 3 is 2.00 bits per heavy atom. The van der Waals surface area contributed by atoms with Crippen LogP contribution in [0.3, 0.4) is 0 Å². The average Bonchev–Trinajstić information content (AvgIpc) is 2.46. The summed E-state index contributed by atoms with van der Waals surface area (Å²) in [7, 11) is 0. The lowest BCUT2D eigenvalue weighted by molar-refractivity contribution is -0.130. The van der Waals surface area contributed by atoms with Gasteiger partial charge in [-0.3, -0.25) is 4.79 Å². The van der Waals surface area contributed by atoms with Gasteiger partial charge in [0, 0.05) is 5.56 Å². The molecule has 0 fully saturated rings. The van der Waals surface area contributed by atoms with E-state index in [1.54, 1.807) is 30.3 Å². The van der Waals surface area contributed by atoms with Gasteiger partial charge in [0.1, 0.15) is 6.29 Å². The van der Waals surface area contributed by atoms with Crippen LogP contribution in [0.15, 0.2) is 48.5 Å². The Bertz CT molecular complexity index is 650. The van der Waals surface area contributed by atoms with E-state index in [1.165, 1.54) is 0 Å². The summed E-state index contributed by atoms with van der Waals surface area (Å²) in [4.78, 5) is 22.0. The zero-order valence-electron chi connectivity index (χ0n) is 11.0. The fourth-order valence-electron chi connectivity index (χ4n) is 1.84. The molecule has 0 spiro atoms. The van der Waals surface area contributed by atoms with Crippen molar-refractivity contribution in [3.05, 3.63) is 70.8 Å². The lowest BCUT2D eigenvalue weighted by atomic mass is 10.0. The summed E-state index contributed by atoms with van der Waals surface area (Å²) >= 11 is 0. The number of aliphatic carboxylic acids is 1. The van der Waals surface area contributed by atoms with Gasteiger partial charge in [0.25, 0.3) is 0 Å². The summed E-state index contributed by atoms with van der Waals surface area (Å²) in [6, 6.07) is 14.1. The highest BCUT2D eigenvalue weighted by Gasteiger charge is 2.10. The minimum absolute atomic E-state index is 0.200. The zero-order valence-corrected chi connectivity index (χ0v) is 11.0. The molecule has 0 aliphatic rings. The van der Waals surface area contributed by atoms with Crippen molar-refractivity contribution in [1.29, 1.82) is 0 Å². The van der Waals surface area contributed by atoms with Crippen LogP contribution in [-0.2, 0) is 4.79 Å². The molecule has 100 valence electrons. The summed E-state index contributed by atoms with van der Waals surface area (Å²) in [5, 5.41) is 9.33. The number of benzene rings is 2. The van der Waals surface area contributed by atoms with Gasteiger partial charge in [-0.05, 0) is 24.1 Å². The third-order valence-corrected chi connectivity index (χ3v) is 2.98. The highest BCUT2D eigenvalue weighted by molar-refractivity contribution is 6.20. The molecule has 0 unspecified atom stereocenters. The number of aryl methyl sites for hydroxylation is 1. The molecule has 20 heavy (non-hydrogen) atoms. The summed E-state index contributed by atoms with van der Waals surface area (Å²) < 4.78 is 0. The standard InChI is InChI=1S/C17H14O3/c1-12-2-4-13(5-3-12)10-16(17(19)20)15-8-6-14(11-18)7-9-15/h2-11H,1H3,(H,19,20)/b16-10-. The van der Waals surface area contributed by atoms with Gasteiger partial charge >= 0.3 is 5.97 Å². The van der Waals surface area contributed by atoms with E-state index in [-0.39, 0.29) is 5.57 Å². The lowest BCUT2D eigenvalue weighted by Crippen LogP contribution is -1.99. The number of hydrogen-bond donors (Lipinski definition) is 1. The molecule has 3 nitrogen and oxygen atoms in total. The van der Waals surface area contributed by atoms with Crippen molar-refractivity contribution in [2.75, 3.05) is 0 Å². The Morgan fingerprint density at radius 1 is 0.950 bits per heavy atom. The third-order valence-electron chi connectivity index (χ3n) is 2.98. The molecule has 0 atom stereocenters. The van der Waals surface area contributed by atoms with E-state index in [2.05, 4.69) is 0 Å². The lowest BCUT2D eigenvalue weighted by Gasteiger charge is -2.04. The second kappa shape index (κ2) is 5.97. The van der Waals surface area contributed by atoms with E-state index in [1.807, 2.05) is 31.2 Å². The molecule has 0 bridgehead atoms. The van der Waals surface area contributed by atoms with Crippen LogP contribution in [0, 0.1) is 6.92 Å². The molecule has 0 aliphatic heterocycles. The molecule has 0 heterocycles. The Labute approximate surface area is 117 Å². The Balaban J connectivity index is 2.42. The van der Waals surface area contributed by atoms with Crippen LogP contribution in [0.4, 0.5) is 0 Å². The van der Waals surface area contributed by atoms with Crippen LogP contribution in [0.25, 0.3) is 11.6 Å². The van der Waals surface area contributed by atoms with Crippen LogP contribution >= 0.6 is 0 Å². The minimum Gasteiger partial charge on any atom is -0.478 e. The van der Waals surface area contributed by atoms with Gasteiger partial charge in [-0.25, -0.2) is 4.79 Å². The smallest absolute Gasteiger partial charge is 0.336 e. The summed E-state index contributed by atoms with van der Waals surface area (Å²) in [5.41, 5.74) is 3.24. The number of hydrogen-bond acceptors (Lipinski definition) is 2. The van der Waals surface area contributed by atoms with Gasteiger partial charge in [0.05, 0.1) is 5.57 Å². The van der Waals surface area contributed by atoms with E-state index in [4.69, 9.17) is 0 Å². The van der Waals surface area contributed by atoms with Crippen molar-refractivity contribution in [3.63, 3.8) is 0 Å². The fourth-order valence-corrected chi connectivity index (χ4v) is 1.84. The van der Waals surface area contributed by atoms with Crippen molar-refractivity contribution in [2.24, 2.45) is 0 Å². The van der Waals surface area contributed by atoms with Crippen LogP contribution in [-0.4, -0.2) is 17.4 Å². The van der Waals surface area contributed by atoms with Gasteiger partial charge in [0.15, 0.2) is 0 Å². The Kier molecular flexibility index (Phi) is 4.11.